The number of terminal acetylenes is 1. The first kappa shape index (κ1) is 11.3. The van der Waals surface area contributed by atoms with E-state index in [0.29, 0.717) is 18.8 Å². The normalized spacial score (nSPS) is 9.00. The summed E-state index contributed by atoms with van der Waals surface area (Å²) in [4.78, 5) is 10.8. The molecule has 0 fully saturated rings. The van der Waals surface area contributed by atoms with Gasteiger partial charge >= 0.3 is 0 Å². The lowest BCUT2D eigenvalue weighted by Crippen LogP contribution is -2.24. The van der Waals surface area contributed by atoms with E-state index in [-0.39, 0.29) is 5.91 Å². The summed E-state index contributed by atoms with van der Waals surface area (Å²) in [6, 6.07) is 0. The number of halogens is 1. The fourth-order valence-corrected chi connectivity index (χ4v) is 0.926. The molecule has 1 amide bonds. The molecule has 0 aromatic rings. The monoisotopic (exact) mass is 187 g/mol. The van der Waals surface area contributed by atoms with Gasteiger partial charge in [-0.3, -0.25) is 4.79 Å². The van der Waals surface area contributed by atoms with Crippen LogP contribution < -0.4 is 5.32 Å². The van der Waals surface area contributed by atoms with Gasteiger partial charge in [0.2, 0.25) is 5.91 Å². The SMILES string of the molecule is C#CCCCCNC(=O)CCCl. The van der Waals surface area contributed by atoms with Crippen LogP contribution in [-0.2, 0) is 4.79 Å². The molecule has 0 radical (unpaired) electrons. The van der Waals surface area contributed by atoms with E-state index in [9.17, 15) is 4.79 Å². The first-order valence-electron chi connectivity index (χ1n) is 4.07. The summed E-state index contributed by atoms with van der Waals surface area (Å²) in [7, 11) is 0. The van der Waals surface area contributed by atoms with Crippen molar-refractivity contribution in [2.45, 2.75) is 25.7 Å². The van der Waals surface area contributed by atoms with E-state index in [1.165, 1.54) is 0 Å². The highest BCUT2D eigenvalue weighted by atomic mass is 35.5. The van der Waals surface area contributed by atoms with Crippen molar-refractivity contribution >= 4 is 17.5 Å². The first-order valence-corrected chi connectivity index (χ1v) is 4.61. The second kappa shape index (κ2) is 8.42. The van der Waals surface area contributed by atoms with Gasteiger partial charge in [-0.2, -0.15) is 0 Å². The molecule has 0 heterocycles. The summed E-state index contributed by atoms with van der Waals surface area (Å²) in [6.07, 6.45) is 8.16. The summed E-state index contributed by atoms with van der Waals surface area (Å²) in [5.41, 5.74) is 0. The number of hydrogen-bond acceptors (Lipinski definition) is 1. The van der Waals surface area contributed by atoms with Crippen molar-refractivity contribution in [1.29, 1.82) is 0 Å². The molecule has 0 rings (SSSR count). The minimum atomic E-state index is 0.0192. The second-order valence-electron chi connectivity index (χ2n) is 2.45. The smallest absolute Gasteiger partial charge is 0.221 e. The molecule has 0 unspecified atom stereocenters. The maximum absolute atomic E-state index is 10.8. The molecule has 0 aromatic carbocycles. The van der Waals surface area contributed by atoms with Gasteiger partial charge < -0.3 is 5.32 Å². The third kappa shape index (κ3) is 7.43. The molecule has 0 spiro atoms. The Morgan fingerprint density at radius 1 is 1.50 bits per heavy atom. The number of nitrogens with one attached hydrogen (secondary N) is 1. The molecule has 0 atom stereocenters. The van der Waals surface area contributed by atoms with Gasteiger partial charge in [-0.25, -0.2) is 0 Å². The van der Waals surface area contributed by atoms with Crippen molar-refractivity contribution in [3.8, 4) is 12.3 Å². The fourth-order valence-electron chi connectivity index (χ4n) is 0.754. The average molecular weight is 188 g/mol. The second-order valence-corrected chi connectivity index (χ2v) is 2.83. The zero-order chi connectivity index (χ0) is 9.23. The summed E-state index contributed by atoms with van der Waals surface area (Å²) in [5, 5.41) is 2.75. The maximum Gasteiger partial charge on any atom is 0.221 e. The van der Waals surface area contributed by atoms with Gasteiger partial charge in [-0.05, 0) is 12.8 Å². The highest BCUT2D eigenvalue weighted by Gasteiger charge is 1.97. The topological polar surface area (TPSA) is 29.1 Å². The summed E-state index contributed by atoms with van der Waals surface area (Å²) in [6.45, 7) is 0.706. The Bertz CT molecular complexity index is 162. The molecular weight excluding hydrogens is 174 g/mol. The highest BCUT2D eigenvalue weighted by molar-refractivity contribution is 6.18. The lowest BCUT2D eigenvalue weighted by molar-refractivity contribution is -0.120. The maximum atomic E-state index is 10.8. The van der Waals surface area contributed by atoms with Crippen LogP contribution in [0, 0.1) is 12.3 Å². The van der Waals surface area contributed by atoms with E-state index in [0.717, 1.165) is 19.3 Å². The lowest BCUT2D eigenvalue weighted by Gasteiger charge is -2.01. The van der Waals surface area contributed by atoms with Gasteiger partial charge in [-0.1, -0.05) is 0 Å². The highest BCUT2D eigenvalue weighted by Crippen LogP contribution is 1.92. The van der Waals surface area contributed by atoms with Gasteiger partial charge in [0.15, 0.2) is 0 Å². The lowest BCUT2D eigenvalue weighted by atomic mass is 10.2. The first-order chi connectivity index (χ1) is 5.81. The largest absolute Gasteiger partial charge is 0.356 e. The van der Waals surface area contributed by atoms with Crippen molar-refractivity contribution in [2.24, 2.45) is 0 Å². The molecule has 0 bridgehead atoms. The van der Waals surface area contributed by atoms with E-state index in [4.69, 9.17) is 18.0 Å². The van der Waals surface area contributed by atoms with Crippen molar-refractivity contribution in [1.82, 2.24) is 5.32 Å². The predicted octanol–water partition coefficient (Wildman–Crippen LogP) is 1.53. The number of carbonyl (C=O) groups is 1. The third-order valence-corrected chi connectivity index (χ3v) is 1.58. The van der Waals surface area contributed by atoms with Crippen LogP contribution in [0.25, 0.3) is 0 Å². The van der Waals surface area contributed by atoms with Gasteiger partial charge in [0.25, 0.3) is 0 Å². The Kier molecular flexibility index (Phi) is 7.94. The molecule has 0 aliphatic carbocycles. The molecule has 12 heavy (non-hydrogen) atoms. The predicted molar refractivity (Wildman–Crippen MR) is 51.0 cm³/mol. The Hall–Kier alpha value is -0.680. The molecule has 0 aliphatic rings. The molecule has 1 N–H and O–H groups in total. The number of carbonyl (C=O) groups excluding carboxylic acids is 1. The Labute approximate surface area is 78.7 Å². The van der Waals surface area contributed by atoms with Crippen LogP contribution in [0.2, 0.25) is 0 Å². The van der Waals surface area contributed by atoms with E-state index in [2.05, 4.69) is 11.2 Å². The van der Waals surface area contributed by atoms with Crippen LogP contribution in [0.3, 0.4) is 0 Å². The van der Waals surface area contributed by atoms with Crippen LogP contribution in [0.5, 0.6) is 0 Å². The van der Waals surface area contributed by atoms with Crippen LogP contribution in [0.4, 0.5) is 0 Å². The standard InChI is InChI=1S/C9H14ClNO/c1-2-3-4-5-8-11-9(12)6-7-10/h1H,3-8H2,(H,11,12). The molecule has 0 saturated heterocycles. The van der Waals surface area contributed by atoms with Crippen molar-refractivity contribution in [3.05, 3.63) is 0 Å². The third-order valence-electron chi connectivity index (χ3n) is 1.39. The van der Waals surface area contributed by atoms with Gasteiger partial charge in [0, 0.05) is 25.3 Å². The summed E-state index contributed by atoms with van der Waals surface area (Å²) in [5.74, 6) is 2.95. The molecule has 0 aromatic heterocycles. The van der Waals surface area contributed by atoms with Gasteiger partial charge in [0.05, 0.1) is 0 Å². The molecule has 0 aliphatic heterocycles. The summed E-state index contributed by atoms with van der Waals surface area (Å²) < 4.78 is 0. The Morgan fingerprint density at radius 3 is 2.83 bits per heavy atom. The van der Waals surface area contributed by atoms with E-state index >= 15 is 0 Å². The number of hydrogen-bond donors (Lipinski definition) is 1. The minimum Gasteiger partial charge on any atom is -0.356 e. The van der Waals surface area contributed by atoms with E-state index in [1.807, 2.05) is 0 Å². The Balaban J connectivity index is 3.09. The summed E-state index contributed by atoms with van der Waals surface area (Å²) >= 11 is 5.37. The average Bonchev–Trinajstić information content (AvgIpc) is 2.05. The number of alkyl halides is 1. The minimum absolute atomic E-state index is 0.0192. The number of amides is 1. The van der Waals surface area contributed by atoms with Gasteiger partial charge in [-0.15, -0.1) is 23.9 Å². The van der Waals surface area contributed by atoms with Crippen LogP contribution in [0.1, 0.15) is 25.7 Å². The molecule has 2 nitrogen and oxygen atoms in total. The molecule has 3 heteroatoms. The van der Waals surface area contributed by atoms with Crippen molar-refractivity contribution < 1.29 is 4.79 Å². The van der Waals surface area contributed by atoms with Crippen LogP contribution in [-0.4, -0.2) is 18.3 Å². The zero-order valence-electron chi connectivity index (χ0n) is 7.11. The Morgan fingerprint density at radius 2 is 2.25 bits per heavy atom. The van der Waals surface area contributed by atoms with Crippen molar-refractivity contribution in [2.75, 3.05) is 12.4 Å². The van der Waals surface area contributed by atoms with Crippen LogP contribution in [0.15, 0.2) is 0 Å². The number of unbranched alkanes of at least 4 members (excludes halogenated alkanes) is 2. The van der Waals surface area contributed by atoms with Crippen molar-refractivity contribution in [3.63, 3.8) is 0 Å². The van der Waals surface area contributed by atoms with Gasteiger partial charge in [0.1, 0.15) is 0 Å². The fraction of sp³-hybridized carbons (Fsp3) is 0.667. The molecule has 0 saturated carbocycles. The quantitative estimate of drug-likeness (QED) is 0.382. The zero-order valence-corrected chi connectivity index (χ0v) is 7.86. The van der Waals surface area contributed by atoms with E-state index < -0.39 is 0 Å². The molecular formula is C9H14ClNO. The number of rotatable bonds is 6. The van der Waals surface area contributed by atoms with Crippen LogP contribution >= 0.6 is 11.6 Å². The molecule has 68 valence electrons. The van der Waals surface area contributed by atoms with E-state index in [1.54, 1.807) is 0 Å².